The maximum atomic E-state index is 11.5. The first-order valence-corrected chi connectivity index (χ1v) is 5.79. The summed E-state index contributed by atoms with van der Waals surface area (Å²) in [5.41, 5.74) is 0.423. The Kier molecular flexibility index (Phi) is 5.07. The van der Waals surface area contributed by atoms with E-state index in [1.807, 2.05) is 19.9 Å². The van der Waals surface area contributed by atoms with Crippen molar-refractivity contribution < 1.29 is 9.53 Å². The number of halogens is 1. The molecule has 1 heterocycles. The molecule has 1 amide bonds. The topological polar surface area (TPSA) is 75.0 Å². The minimum absolute atomic E-state index is 0.00844. The molecule has 0 unspecified atom stereocenters. The second-order valence-corrected chi connectivity index (χ2v) is 4.40. The van der Waals surface area contributed by atoms with E-state index in [4.69, 9.17) is 10.00 Å². The van der Waals surface area contributed by atoms with Crippen molar-refractivity contribution in [1.29, 1.82) is 5.26 Å². The number of aromatic nitrogens is 1. The summed E-state index contributed by atoms with van der Waals surface area (Å²) in [5.74, 6) is 0.0291. The lowest BCUT2D eigenvalue weighted by atomic mass is 10.3. The number of ether oxygens (including phenoxy) is 1. The summed E-state index contributed by atoms with van der Waals surface area (Å²) >= 11 is 3.16. The van der Waals surface area contributed by atoms with Gasteiger partial charge in [-0.15, -0.1) is 0 Å². The molecule has 0 aliphatic heterocycles. The van der Waals surface area contributed by atoms with Crippen LogP contribution in [0.15, 0.2) is 16.7 Å². The second-order valence-electron chi connectivity index (χ2n) is 3.58. The molecular weight excluding hydrogens is 286 g/mol. The molecule has 0 atom stereocenters. The second kappa shape index (κ2) is 6.33. The third-order valence-corrected chi connectivity index (χ3v) is 2.14. The predicted octanol–water partition coefficient (Wildman–Crippen LogP) is 2.08. The number of nitrogens with one attached hydrogen (secondary N) is 1. The molecule has 0 saturated heterocycles. The smallest absolute Gasteiger partial charge is 0.251 e. The number of hydrogen-bond donors (Lipinski definition) is 1. The Bertz CT molecular complexity index is 455. The van der Waals surface area contributed by atoms with Gasteiger partial charge in [-0.1, -0.05) is 0 Å². The minimum Gasteiger partial charge on any atom is -0.369 e. The molecule has 6 heteroatoms. The van der Waals surface area contributed by atoms with Crippen LogP contribution in [0.1, 0.15) is 19.4 Å². The molecule has 0 aromatic carbocycles. The van der Waals surface area contributed by atoms with E-state index in [0.717, 1.165) is 0 Å². The fourth-order valence-electron chi connectivity index (χ4n) is 1.05. The molecule has 0 aliphatic rings. The minimum atomic E-state index is -0.298. The summed E-state index contributed by atoms with van der Waals surface area (Å²) in [6, 6.07) is 5.05. The van der Waals surface area contributed by atoms with E-state index in [2.05, 4.69) is 26.2 Å². The van der Waals surface area contributed by atoms with Crippen LogP contribution in [-0.4, -0.2) is 23.6 Å². The van der Waals surface area contributed by atoms with Crippen molar-refractivity contribution in [2.24, 2.45) is 0 Å². The standard InChI is InChI=1S/C11H12BrN3O2/c1-7(2)17-6-11(16)15-10-4-8(5-13)3-9(12)14-10/h3-4,7H,6H2,1-2H3,(H,14,15,16). The highest BCUT2D eigenvalue weighted by Crippen LogP contribution is 2.14. The third-order valence-electron chi connectivity index (χ3n) is 1.74. The molecule has 1 rings (SSSR count). The van der Waals surface area contributed by atoms with Crippen LogP contribution >= 0.6 is 15.9 Å². The van der Waals surface area contributed by atoms with E-state index in [0.29, 0.717) is 16.0 Å². The monoisotopic (exact) mass is 297 g/mol. The van der Waals surface area contributed by atoms with Gasteiger partial charge in [0, 0.05) is 0 Å². The number of nitrogens with zero attached hydrogens (tertiary/aromatic N) is 2. The normalized spacial score (nSPS) is 10.1. The summed E-state index contributed by atoms with van der Waals surface area (Å²) in [5, 5.41) is 11.3. The summed E-state index contributed by atoms with van der Waals surface area (Å²) < 4.78 is 5.64. The molecule has 90 valence electrons. The number of rotatable bonds is 4. The lowest BCUT2D eigenvalue weighted by molar-refractivity contribution is -0.121. The molecule has 1 N–H and O–H groups in total. The van der Waals surface area contributed by atoms with Crippen molar-refractivity contribution in [2.75, 3.05) is 11.9 Å². The van der Waals surface area contributed by atoms with Crippen molar-refractivity contribution in [3.63, 3.8) is 0 Å². The molecule has 0 aliphatic carbocycles. The number of pyridine rings is 1. The van der Waals surface area contributed by atoms with Gasteiger partial charge in [0.05, 0.1) is 17.7 Å². The van der Waals surface area contributed by atoms with E-state index in [1.165, 1.54) is 6.07 Å². The summed E-state index contributed by atoms with van der Waals surface area (Å²) in [4.78, 5) is 15.5. The van der Waals surface area contributed by atoms with Crippen LogP contribution in [-0.2, 0) is 9.53 Å². The van der Waals surface area contributed by atoms with E-state index in [-0.39, 0.29) is 18.6 Å². The number of anilines is 1. The van der Waals surface area contributed by atoms with Gasteiger partial charge < -0.3 is 10.1 Å². The zero-order chi connectivity index (χ0) is 12.8. The Morgan fingerprint density at radius 3 is 2.94 bits per heavy atom. The van der Waals surface area contributed by atoms with Gasteiger partial charge in [0.25, 0.3) is 5.91 Å². The molecule has 0 fully saturated rings. The molecule has 0 bridgehead atoms. The molecule has 0 saturated carbocycles. The fraction of sp³-hybridized carbons (Fsp3) is 0.364. The number of amides is 1. The van der Waals surface area contributed by atoms with E-state index in [9.17, 15) is 4.79 Å². The Balaban J connectivity index is 2.65. The van der Waals surface area contributed by atoms with Gasteiger partial charge in [-0.25, -0.2) is 4.98 Å². The third kappa shape index (κ3) is 4.93. The zero-order valence-electron chi connectivity index (χ0n) is 9.53. The molecule has 0 radical (unpaired) electrons. The highest BCUT2D eigenvalue weighted by molar-refractivity contribution is 9.10. The lowest BCUT2D eigenvalue weighted by Crippen LogP contribution is -2.21. The van der Waals surface area contributed by atoms with Crippen LogP contribution in [0.3, 0.4) is 0 Å². The van der Waals surface area contributed by atoms with Gasteiger partial charge in [-0.2, -0.15) is 5.26 Å². The van der Waals surface area contributed by atoms with Crippen molar-refractivity contribution in [3.8, 4) is 6.07 Å². The van der Waals surface area contributed by atoms with Gasteiger partial charge in [0.2, 0.25) is 0 Å². The van der Waals surface area contributed by atoms with Gasteiger partial charge >= 0.3 is 0 Å². The summed E-state index contributed by atoms with van der Waals surface area (Å²) in [6.45, 7) is 3.66. The zero-order valence-corrected chi connectivity index (χ0v) is 11.1. The molecular formula is C11H12BrN3O2. The highest BCUT2D eigenvalue weighted by Gasteiger charge is 2.06. The quantitative estimate of drug-likeness (QED) is 0.864. The average Bonchev–Trinajstić information content (AvgIpc) is 2.25. The van der Waals surface area contributed by atoms with Gasteiger partial charge in [0.1, 0.15) is 17.0 Å². The molecule has 0 spiro atoms. The molecule has 17 heavy (non-hydrogen) atoms. The van der Waals surface area contributed by atoms with Gasteiger partial charge in [-0.3, -0.25) is 4.79 Å². The average molecular weight is 298 g/mol. The number of hydrogen-bond acceptors (Lipinski definition) is 4. The number of carbonyl (C=O) groups is 1. The van der Waals surface area contributed by atoms with E-state index >= 15 is 0 Å². The SMILES string of the molecule is CC(C)OCC(=O)Nc1cc(C#N)cc(Br)n1. The van der Waals surface area contributed by atoms with Crippen LogP contribution < -0.4 is 5.32 Å². The van der Waals surface area contributed by atoms with E-state index in [1.54, 1.807) is 6.07 Å². The van der Waals surface area contributed by atoms with Crippen LogP contribution in [0.25, 0.3) is 0 Å². The predicted molar refractivity (Wildman–Crippen MR) is 66.4 cm³/mol. The van der Waals surface area contributed by atoms with Crippen molar-refractivity contribution >= 4 is 27.7 Å². The summed E-state index contributed by atoms with van der Waals surface area (Å²) in [7, 11) is 0. The van der Waals surface area contributed by atoms with Crippen LogP contribution in [0.4, 0.5) is 5.82 Å². The maximum absolute atomic E-state index is 11.5. The van der Waals surface area contributed by atoms with Crippen molar-refractivity contribution in [2.45, 2.75) is 20.0 Å². The van der Waals surface area contributed by atoms with Crippen LogP contribution in [0, 0.1) is 11.3 Å². The Morgan fingerprint density at radius 2 is 2.35 bits per heavy atom. The Labute approximate surface area is 108 Å². The fourth-order valence-corrected chi connectivity index (χ4v) is 1.48. The summed E-state index contributed by atoms with van der Waals surface area (Å²) in [6.07, 6.45) is -0.00844. The highest BCUT2D eigenvalue weighted by atomic mass is 79.9. The first-order valence-electron chi connectivity index (χ1n) is 5.00. The van der Waals surface area contributed by atoms with Gasteiger partial charge in [0.15, 0.2) is 0 Å². The van der Waals surface area contributed by atoms with Crippen LogP contribution in [0.5, 0.6) is 0 Å². The van der Waals surface area contributed by atoms with Crippen molar-refractivity contribution in [1.82, 2.24) is 4.98 Å². The first kappa shape index (κ1) is 13.6. The van der Waals surface area contributed by atoms with E-state index < -0.39 is 0 Å². The first-order chi connectivity index (χ1) is 8.01. The molecule has 5 nitrogen and oxygen atoms in total. The Morgan fingerprint density at radius 1 is 1.65 bits per heavy atom. The molecule has 1 aromatic rings. The molecule has 1 aromatic heterocycles. The number of nitriles is 1. The van der Waals surface area contributed by atoms with Crippen LogP contribution in [0.2, 0.25) is 0 Å². The number of carbonyl (C=O) groups excluding carboxylic acids is 1. The largest absolute Gasteiger partial charge is 0.369 e. The Hall–Kier alpha value is -1.45. The van der Waals surface area contributed by atoms with Crippen molar-refractivity contribution in [3.05, 3.63) is 22.3 Å². The maximum Gasteiger partial charge on any atom is 0.251 e. The lowest BCUT2D eigenvalue weighted by Gasteiger charge is -2.08. The van der Waals surface area contributed by atoms with Gasteiger partial charge in [-0.05, 0) is 41.9 Å².